The van der Waals surface area contributed by atoms with Gasteiger partial charge in [-0.1, -0.05) is 24.3 Å². The minimum Gasteiger partial charge on any atom is -0.362 e. The van der Waals surface area contributed by atoms with Crippen LogP contribution in [-0.2, 0) is 0 Å². The van der Waals surface area contributed by atoms with E-state index in [1.807, 2.05) is 6.20 Å². The Bertz CT molecular complexity index is 715. The summed E-state index contributed by atoms with van der Waals surface area (Å²) in [7, 11) is 0. The summed E-state index contributed by atoms with van der Waals surface area (Å²) in [6, 6.07) is 8.33. The normalized spacial score (nSPS) is 10.7. The molecule has 0 radical (unpaired) electrons. The largest absolute Gasteiger partial charge is 0.362 e. The van der Waals surface area contributed by atoms with Gasteiger partial charge in [-0.3, -0.25) is 0 Å². The number of nitrogens with one attached hydrogen (secondary N) is 1. The molecule has 5 heteroatoms. The lowest BCUT2D eigenvalue weighted by Gasteiger charge is -1.99. The van der Waals surface area contributed by atoms with E-state index in [0.29, 0.717) is 0 Å². The quantitative estimate of drug-likeness (QED) is 0.760. The van der Waals surface area contributed by atoms with E-state index < -0.39 is 0 Å². The van der Waals surface area contributed by atoms with Crippen LogP contribution in [0, 0.1) is 6.92 Å². The average Bonchev–Trinajstić information content (AvgIpc) is 3.08. The van der Waals surface area contributed by atoms with E-state index in [2.05, 4.69) is 58.8 Å². The lowest BCUT2D eigenvalue weighted by molar-refractivity contribution is 1.19. The number of hydrogen-bond acceptors (Lipinski definition) is 5. The lowest BCUT2D eigenvalue weighted by Crippen LogP contribution is -1.94. The SMILES string of the molecule is CCNc1nc(-c2cnc(-c3ccccc3C)s2)cs1. The Hall–Kier alpha value is -1.72. The van der Waals surface area contributed by atoms with Gasteiger partial charge in [0.2, 0.25) is 0 Å². The first-order valence-electron chi connectivity index (χ1n) is 6.49. The summed E-state index contributed by atoms with van der Waals surface area (Å²) >= 11 is 3.32. The minimum absolute atomic E-state index is 0.893. The molecule has 102 valence electrons. The number of benzene rings is 1. The van der Waals surface area contributed by atoms with E-state index in [1.165, 1.54) is 11.1 Å². The van der Waals surface area contributed by atoms with Crippen molar-refractivity contribution in [2.45, 2.75) is 13.8 Å². The first-order valence-corrected chi connectivity index (χ1v) is 8.19. The molecule has 0 fully saturated rings. The molecule has 0 aliphatic rings. The molecular formula is C15H15N3S2. The topological polar surface area (TPSA) is 37.8 Å². The van der Waals surface area contributed by atoms with Crippen molar-refractivity contribution >= 4 is 27.8 Å². The minimum atomic E-state index is 0.893. The molecule has 20 heavy (non-hydrogen) atoms. The van der Waals surface area contributed by atoms with Crippen molar-refractivity contribution in [1.82, 2.24) is 9.97 Å². The van der Waals surface area contributed by atoms with E-state index in [0.717, 1.165) is 27.3 Å². The maximum atomic E-state index is 4.58. The van der Waals surface area contributed by atoms with Gasteiger partial charge >= 0.3 is 0 Å². The molecule has 0 amide bonds. The zero-order valence-electron chi connectivity index (χ0n) is 11.4. The molecule has 3 nitrogen and oxygen atoms in total. The Kier molecular flexibility index (Phi) is 3.80. The number of rotatable bonds is 4. The molecule has 2 aromatic heterocycles. The van der Waals surface area contributed by atoms with Crippen molar-refractivity contribution < 1.29 is 0 Å². The second-order valence-electron chi connectivity index (χ2n) is 4.41. The Morgan fingerprint density at radius 3 is 2.90 bits per heavy atom. The smallest absolute Gasteiger partial charge is 0.183 e. The van der Waals surface area contributed by atoms with Crippen molar-refractivity contribution in [1.29, 1.82) is 0 Å². The van der Waals surface area contributed by atoms with Crippen molar-refractivity contribution in [2.24, 2.45) is 0 Å². The van der Waals surface area contributed by atoms with Crippen LogP contribution in [0.15, 0.2) is 35.8 Å². The van der Waals surface area contributed by atoms with Gasteiger partial charge in [-0.25, -0.2) is 9.97 Å². The fourth-order valence-corrected chi connectivity index (χ4v) is 3.77. The standard InChI is InChI=1S/C15H15N3S2/c1-3-16-15-18-12(9-19-15)13-8-17-14(20-13)11-7-5-4-6-10(11)2/h4-9H,3H2,1-2H3,(H,16,18). The van der Waals surface area contributed by atoms with Crippen LogP contribution in [0.5, 0.6) is 0 Å². The average molecular weight is 301 g/mol. The summed E-state index contributed by atoms with van der Waals surface area (Å²) in [5.41, 5.74) is 3.45. The molecule has 0 saturated heterocycles. The fraction of sp³-hybridized carbons (Fsp3) is 0.200. The van der Waals surface area contributed by atoms with E-state index in [9.17, 15) is 0 Å². The first-order chi connectivity index (χ1) is 9.78. The van der Waals surface area contributed by atoms with E-state index >= 15 is 0 Å². The van der Waals surface area contributed by atoms with Crippen molar-refractivity contribution in [3.63, 3.8) is 0 Å². The van der Waals surface area contributed by atoms with Crippen LogP contribution in [0.25, 0.3) is 21.1 Å². The zero-order valence-corrected chi connectivity index (χ0v) is 13.0. The van der Waals surface area contributed by atoms with Crippen molar-refractivity contribution in [3.8, 4) is 21.1 Å². The van der Waals surface area contributed by atoms with E-state index in [-0.39, 0.29) is 0 Å². The van der Waals surface area contributed by atoms with Crippen LogP contribution in [-0.4, -0.2) is 16.5 Å². The molecule has 3 rings (SSSR count). The van der Waals surface area contributed by atoms with Crippen LogP contribution in [0.4, 0.5) is 5.13 Å². The van der Waals surface area contributed by atoms with E-state index in [4.69, 9.17) is 0 Å². The molecule has 0 spiro atoms. The molecule has 3 aromatic rings. The lowest BCUT2D eigenvalue weighted by atomic mass is 10.1. The highest BCUT2D eigenvalue weighted by molar-refractivity contribution is 7.19. The maximum Gasteiger partial charge on any atom is 0.183 e. The molecule has 0 aliphatic carbocycles. The highest BCUT2D eigenvalue weighted by Crippen LogP contribution is 2.34. The number of anilines is 1. The molecule has 0 aliphatic heterocycles. The molecule has 2 heterocycles. The van der Waals surface area contributed by atoms with Gasteiger partial charge in [0, 0.05) is 23.7 Å². The van der Waals surface area contributed by atoms with Gasteiger partial charge in [-0.2, -0.15) is 0 Å². The Labute approximate surface area is 126 Å². The molecular weight excluding hydrogens is 286 g/mol. The van der Waals surface area contributed by atoms with Crippen LogP contribution >= 0.6 is 22.7 Å². The summed E-state index contributed by atoms with van der Waals surface area (Å²) < 4.78 is 0. The van der Waals surface area contributed by atoms with Crippen molar-refractivity contribution in [2.75, 3.05) is 11.9 Å². The summed E-state index contributed by atoms with van der Waals surface area (Å²) in [4.78, 5) is 10.2. The number of hydrogen-bond donors (Lipinski definition) is 1. The third kappa shape index (κ3) is 2.59. The van der Waals surface area contributed by atoms with Gasteiger partial charge < -0.3 is 5.32 Å². The predicted molar refractivity (Wildman–Crippen MR) is 87.6 cm³/mol. The van der Waals surface area contributed by atoms with Gasteiger partial charge in [0.1, 0.15) is 5.01 Å². The van der Waals surface area contributed by atoms with Crippen LogP contribution in [0.3, 0.4) is 0 Å². The Balaban J connectivity index is 1.91. The number of aromatic nitrogens is 2. The third-order valence-electron chi connectivity index (χ3n) is 2.97. The van der Waals surface area contributed by atoms with Crippen LogP contribution in [0.1, 0.15) is 12.5 Å². The maximum absolute atomic E-state index is 4.58. The number of aryl methyl sites for hydroxylation is 1. The highest BCUT2D eigenvalue weighted by atomic mass is 32.1. The fourth-order valence-electron chi connectivity index (χ4n) is 1.95. The van der Waals surface area contributed by atoms with Crippen molar-refractivity contribution in [3.05, 3.63) is 41.4 Å². The summed E-state index contributed by atoms with van der Waals surface area (Å²) in [5.74, 6) is 0. The molecule has 0 bridgehead atoms. The molecule has 0 saturated carbocycles. The number of thiazole rings is 2. The third-order valence-corrected chi connectivity index (χ3v) is 4.82. The van der Waals surface area contributed by atoms with Gasteiger partial charge in [-0.15, -0.1) is 22.7 Å². The molecule has 0 atom stereocenters. The van der Waals surface area contributed by atoms with Gasteiger partial charge in [0.15, 0.2) is 5.13 Å². The summed E-state index contributed by atoms with van der Waals surface area (Å²) in [6.07, 6.45) is 1.91. The van der Waals surface area contributed by atoms with Crippen LogP contribution < -0.4 is 5.32 Å². The van der Waals surface area contributed by atoms with Gasteiger partial charge in [-0.05, 0) is 19.4 Å². The van der Waals surface area contributed by atoms with Crippen LogP contribution in [0.2, 0.25) is 0 Å². The second kappa shape index (κ2) is 5.73. The second-order valence-corrected chi connectivity index (χ2v) is 6.30. The molecule has 0 unspecified atom stereocenters. The zero-order chi connectivity index (χ0) is 13.9. The Morgan fingerprint density at radius 2 is 2.10 bits per heavy atom. The summed E-state index contributed by atoms with van der Waals surface area (Å²) in [5, 5.41) is 7.33. The monoisotopic (exact) mass is 301 g/mol. The summed E-state index contributed by atoms with van der Waals surface area (Å²) in [6.45, 7) is 5.08. The van der Waals surface area contributed by atoms with Gasteiger partial charge in [0.05, 0.1) is 10.6 Å². The van der Waals surface area contributed by atoms with Gasteiger partial charge in [0.25, 0.3) is 0 Å². The molecule has 1 N–H and O–H groups in total. The number of nitrogens with zero attached hydrogens (tertiary/aromatic N) is 2. The molecule has 1 aromatic carbocycles. The first kappa shape index (κ1) is 13.3. The Morgan fingerprint density at radius 1 is 1.25 bits per heavy atom. The predicted octanol–water partition coefficient (Wildman–Crippen LogP) is 4.67. The van der Waals surface area contributed by atoms with E-state index in [1.54, 1.807) is 22.7 Å². The highest BCUT2D eigenvalue weighted by Gasteiger charge is 2.10.